The Morgan fingerprint density at radius 2 is 1.68 bits per heavy atom. The summed E-state index contributed by atoms with van der Waals surface area (Å²) in [6, 6.07) is 2.56. The molecule has 0 spiro atoms. The van der Waals surface area contributed by atoms with Gasteiger partial charge in [0.15, 0.2) is 0 Å². The van der Waals surface area contributed by atoms with E-state index in [1.807, 2.05) is 13.8 Å². The zero-order chi connectivity index (χ0) is 21.5. The highest BCUT2D eigenvalue weighted by Crippen LogP contribution is 2.32. The number of benzene rings is 1. The minimum absolute atomic E-state index is 0.0603. The van der Waals surface area contributed by atoms with Crippen molar-refractivity contribution in [2.45, 2.75) is 51.9 Å². The van der Waals surface area contributed by atoms with Crippen LogP contribution >= 0.6 is 0 Å². The average molecular weight is 402 g/mol. The first-order chi connectivity index (χ1) is 13.0. The molecule has 2 atom stereocenters. The SMILES string of the molecule is COC(=O)[C@H](Cc1ccccc1C(F)(F)F)NC(=O)[C@H](CC(C)C)NC(C)=O. The third kappa shape index (κ3) is 7.21. The number of ether oxygens (including phenoxy) is 1. The Balaban J connectivity index is 3.08. The number of esters is 1. The molecule has 1 aromatic carbocycles. The van der Waals surface area contributed by atoms with Gasteiger partial charge in [0.25, 0.3) is 0 Å². The first-order valence-electron chi connectivity index (χ1n) is 8.76. The molecule has 0 saturated heterocycles. The number of carbonyl (C=O) groups is 3. The van der Waals surface area contributed by atoms with Gasteiger partial charge in [0.05, 0.1) is 12.7 Å². The number of rotatable bonds is 8. The molecule has 28 heavy (non-hydrogen) atoms. The van der Waals surface area contributed by atoms with Crippen LogP contribution < -0.4 is 10.6 Å². The second kappa shape index (κ2) is 10.1. The molecule has 0 radical (unpaired) electrons. The summed E-state index contributed by atoms with van der Waals surface area (Å²) in [5.41, 5.74) is -1.04. The summed E-state index contributed by atoms with van der Waals surface area (Å²) in [6.07, 6.45) is -4.70. The predicted molar refractivity (Wildman–Crippen MR) is 96.2 cm³/mol. The highest BCUT2D eigenvalue weighted by Gasteiger charge is 2.35. The van der Waals surface area contributed by atoms with E-state index in [4.69, 9.17) is 0 Å². The molecule has 156 valence electrons. The highest BCUT2D eigenvalue weighted by molar-refractivity contribution is 5.90. The van der Waals surface area contributed by atoms with E-state index < -0.39 is 48.0 Å². The number of halogens is 3. The Hall–Kier alpha value is -2.58. The molecular weight excluding hydrogens is 377 g/mol. The number of alkyl halides is 3. The van der Waals surface area contributed by atoms with E-state index in [-0.39, 0.29) is 11.5 Å². The molecule has 1 rings (SSSR count). The normalized spacial score (nSPS) is 13.6. The van der Waals surface area contributed by atoms with Crippen molar-refractivity contribution in [1.29, 1.82) is 0 Å². The minimum Gasteiger partial charge on any atom is -0.467 e. The largest absolute Gasteiger partial charge is 0.467 e. The Bertz CT molecular complexity index is 705. The Kier molecular flexibility index (Phi) is 8.46. The molecule has 0 aromatic heterocycles. The summed E-state index contributed by atoms with van der Waals surface area (Å²) in [4.78, 5) is 36.0. The van der Waals surface area contributed by atoms with Gasteiger partial charge < -0.3 is 15.4 Å². The fraction of sp³-hybridized carbons (Fsp3) is 0.526. The van der Waals surface area contributed by atoms with E-state index >= 15 is 0 Å². The predicted octanol–water partition coefficient (Wildman–Crippen LogP) is 2.46. The molecule has 0 fully saturated rings. The van der Waals surface area contributed by atoms with Gasteiger partial charge in [-0.25, -0.2) is 4.79 Å². The fourth-order valence-electron chi connectivity index (χ4n) is 2.75. The number of carbonyl (C=O) groups excluding carboxylic acids is 3. The van der Waals surface area contributed by atoms with Crippen LogP contribution in [0, 0.1) is 5.92 Å². The first-order valence-corrected chi connectivity index (χ1v) is 8.76. The van der Waals surface area contributed by atoms with E-state index in [9.17, 15) is 27.6 Å². The average Bonchev–Trinajstić information content (AvgIpc) is 2.58. The van der Waals surface area contributed by atoms with Gasteiger partial charge in [0, 0.05) is 13.3 Å². The summed E-state index contributed by atoms with van der Waals surface area (Å²) in [6.45, 7) is 4.94. The quantitative estimate of drug-likeness (QED) is 0.655. The van der Waals surface area contributed by atoms with Crippen LogP contribution in [0.3, 0.4) is 0 Å². The monoisotopic (exact) mass is 402 g/mol. The number of hydrogen-bond donors (Lipinski definition) is 2. The molecule has 0 unspecified atom stereocenters. The lowest BCUT2D eigenvalue weighted by Crippen LogP contribution is -2.52. The molecule has 0 heterocycles. The molecule has 9 heteroatoms. The third-order valence-corrected chi connectivity index (χ3v) is 3.95. The number of nitrogens with one attached hydrogen (secondary N) is 2. The van der Waals surface area contributed by atoms with Crippen molar-refractivity contribution in [3.05, 3.63) is 35.4 Å². The molecule has 2 amide bonds. The van der Waals surface area contributed by atoms with Crippen LogP contribution in [0.4, 0.5) is 13.2 Å². The van der Waals surface area contributed by atoms with Crippen LogP contribution in [-0.4, -0.2) is 37.0 Å². The zero-order valence-electron chi connectivity index (χ0n) is 16.2. The summed E-state index contributed by atoms with van der Waals surface area (Å²) in [7, 11) is 1.08. The van der Waals surface area contributed by atoms with Gasteiger partial charge in [-0.1, -0.05) is 32.0 Å². The van der Waals surface area contributed by atoms with Crippen LogP contribution in [0.5, 0.6) is 0 Å². The molecule has 0 aliphatic heterocycles. The van der Waals surface area contributed by atoms with Gasteiger partial charge in [-0.3, -0.25) is 9.59 Å². The van der Waals surface area contributed by atoms with Crippen LogP contribution in [-0.2, 0) is 31.7 Å². The van der Waals surface area contributed by atoms with Gasteiger partial charge in [0.1, 0.15) is 12.1 Å². The van der Waals surface area contributed by atoms with Gasteiger partial charge in [0.2, 0.25) is 11.8 Å². The van der Waals surface area contributed by atoms with Crippen molar-refractivity contribution >= 4 is 17.8 Å². The molecule has 2 N–H and O–H groups in total. The number of methoxy groups -OCH3 is 1. The Morgan fingerprint density at radius 1 is 1.07 bits per heavy atom. The van der Waals surface area contributed by atoms with Crippen molar-refractivity contribution in [2.24, 2.45) is 5.92 Å². The van der Waals surface area contributed by atoms with Crippen molar-refractivity contribution in [2.75, 3.05) is 7.11 Å². The highest BCUT2D eigenvalue weighted by atomic mass is 19.4. The van der Waals surface area contributed by atoms with E-state index in [0.29, 0.717) is 6.42 Å². The van der Waals surface area contributed by atoms with Crippen molar-refractivity contribution in [3.8, 4) is 0 Å². The van der Waals surface area contributed by atoms with Crippen molar-refractivity contribution < 1.29 is 32.3 Å². The van der Waals surface area contributed by atoms with Gasteiger partial charge in [-0.15, -0.1) is 0 Å². The molecule has 0 saturated carbocycles. The van der Waals surface area contributed by atoms with Crippen LogP contribution in [0.25, 0.3) is 0 Å². The zero-order valence-corrected chi connectivity index (χ0v) is 16.2. The van der Waals surface area contributed by atoms with Gasteiger partial charge >= 0.3 is 12.1 Å². The lowest BCUT2D eigenvalue weighted by molar-refractivity contribution is -0.146. The minimum atomic E-state index is -4.60. The van der Waals surface area contributed by atoms with Crippen molar-refractivity contribution in [3.63, 3.8) is 0 Å². The molecule has 0 bridgehead atoms. The maximum Gasteiger partial charge on any atom is 0.416 e. The summed E-state index contributed by atoms with van der Waals surface area (Å²) in [5, 5.41) is 4.90. The second-order valence-electron chi connectivity index (χ2n) is 6.83. The van der Waals surface area contributed by atoms with Crippen LogP contribution in [0.15, 0.2) is 24.3 Å². The van der Waals surface area contributed by atoms with Crippen LogP contribution in [0.1, 0.15) is 38.3 Å². The summed E-state index contributed by atoms with van der Waals surface area (Å²) >= 11 is 0. The summed E-state index contributed by atoms with van der Waals surface area (Å²) in [5.74, 6) is -1.91. The van der Waals surface area contributed by atoms with Gasteiger partial charge in [-0.2, -0.15) is 13.2 Å². The summed E-state index contributed by atoms with van der Waals surface area (Å²) < 4.78 is 44.3. The first kappa shape index (κ1) is 23.5. The number of amides is 2. The number of hydrogen-bond acceptors (Lipinski definition) is 4. The fourth-order valence-corrected chi connectivity index (χ4v) is 2.75. The standard InChI is InChI=1S/C19H25F3N2O4/c1-11(2)9-15(23-12(3)25)17(26)24-16(18(27)28-4)10-13-7-5-6-8-14(13)19(20,21)22/h5-8,11,15-16H,9-10H2,1-4H3,(H,23,25)(H,24,26)/t15-,16-/m0/s1. The van der Waals surface area contributed by atoms with Gasteiger partial charge in [-0.05, 0) is 24.0 Å². The molecular formula is C19H25F3N2O4. The smallest absolute Gasteiger partial charge is 0.416 e. The maximum absolute atomic E-state index is 13.2. The van der Waals surface area contributed by atoms with E-state index in [1.165, 1.54) is 25.1 Å². The maximum atomic E-state index is 13.2. The lowest BCUT2D eigenvalue weighted by Gasteiger charge is -2.24. The topological polar surface area (TPSA) is 84.5 Å². The lowest BCUT2D eigenvalue weighted by atomic mass is 9.98. The molecule has 0 aliphatic carbocycles. The van der Waals surface area contributed by atoms with E-state index in [1.54, 1.807) is 0 Å². The van der Waals surface area contributed by atoms with Crippen molar-refractivity contribution in [1.82, 2.24) is 10.6 Å². The van der Waals surface area contributed by atoms with E-state index in [0.717, 1.165) is 13.2 Å². The van der Waals surface area contributed by atoms with E-state index in [2.05, 4.69) is 15.4 Å². The second-order valence-corrected chi connectivity index (χ2v) is 6.83. The Morgan fingerprint density at radius 3 is 2.18 bits per heavy atom. The third-order valence-electron chi connectivity index (χ3n) is 3.95. The molecule has 0 aliphatic rings. The molecule has 1 aromatic rings. The molecule has 6 nitrogen and oxygen atoms in total. The van der Waals surface area contributed by atoms with Crippen LogP contribution in [0.2, 0.25) is 0 Å². The Labute approximate surface area is 161 Å².